The number of carbonyl (C=O) groups excluding carboxylic acids is 2. The monoisotopic (exact) mass is 334 g/mol. The molecule has 0 N–H and O–H groups in total. The van der Waals surface area contributed by atoms with Crippen LogP contribution in [0.3, 0.4) is 0 Å². The van der Waals surface area contributed by atoms with Gasteiger partial charge < -0.3 is 19.6 Å². The van der Waals surface area contributed by atoms with E-state index in [0.29, 0.717) is 0 Å². The van der Waals surface area contributed by atoms with Gasteiger partial charge in [0.1, 0.15) is 0 Å². The Morgan fingerprint density at radius 3 is 1.42 bits per heavy atom. The fourth-order valence-electron chi connectivity index (χ4n) is 3.88. The molecule has 3 aliphatic rings. The lowest BCUT2D eigenvalue weighted by atomic mass is 10.2. The maximum Gasteiger partial charge on any atom is 0.231 e. The topological polar surface area (TPSA) is 47.1 Å². The van der Waals surface area contributed by atoms with E-state index in [-0.39, 0.29) is 23.7 Å². The summed E-state index contributed by atoms with van der Waals surface area (Å²) in [6.45, 7) is 17.2. The van der Waals surface area contributed by atoms with Gasteiger partial charge >= 0.3 is 0 Å². The number of hydrogen-bond donors (Lipinski definition) is 0. The lowest BCUT2D eigenvalue weighted by Gasteiger charge is -2.35. The third-order valence-corrected chi connectivity index (χ3v) is 5.82. The summed E-state index contributed by atoms with van der Waals surface area (Å²) in [4.78, 5) is 34.0. The Hall–Kier alpha value is -1.40. The van der Waals surface area contributed by atoms with Crippen molar-refractivity contribution in [3.05, 3.63) is 12.2 Å². The Labute approximate surface area is 145 Å². The van der Waals surface area contributed by atoms with Gasteiger partial charge in [0.05, 0.1) is 11.8 Å². The molecule has 1 unspecified atom stereocenters. The third kappa shape index (κ3) is 3.35. The molecule has 6 nitrogen and oxygen atoms in total. The summed E-state index contributed by atoms with van der Waals surface area (Å²) in [5.74, 6) is -0.313. The highest BCUT2D eigenvalue weighted by molar-refractivity contribution is 5.99. The van der Waals surface area contributed by atoms with Crippen molar-refractivity contribution in [1.29, 1.82) is 0 Å². The van der Waals surface area contributed by atoms with E-state index in [4.69, 9.17) is 0 Å². The van der Waals surface area contributed by atoms with E-state index in [9.17, 15) is 9.59 Å². The zero-order valence-electron chi connectivity index (χ0n) is 15.0. The van der Waals surface area contributed by atoms with Gasteiger partial charge in [0.15, 0.2) is 0 Å². The second kappa shape index (κ2) is 7.23. The van der Waals surface area contributed by atoms with Crippen molar-refractivity contribution in [2.75, 3.05) is 65.4 Å². The van der Waals surface area contributed by atoms with Gasteiger partial charge in [-0.05, 0) is 13.1 Å². The third-order valence-electron chi connectivity index (χ3n) is 5.82. The van der Waals surface area contributed by atoms with E-state index >= 15 is 0 Å². The average Bonchev–Trinajstić information content (AvgIpc) is 3.31. The highest BCUT2D eigenvalue weighted by atomic mass is 16.2. The summed E-state index contributed by atoms with van der Waals surface area (Å²) in [6.07, 6.45) is 0. The van der Waals surface area contributed by atoms with Crippen molar-refractivity contribution >= 4 is 11.8 Å². The summed E-state index contributed by atoms with van der Waals surface area (Å²) in [5.41, 5.74) is 0.820. The van der Waals surface area contributed by atoms with Gasteiger partial charge in [-0.1, -0.05) is 26.0 Å². The highest BCUT2D eigenvalue weighted by Gasteiger charge is 2.55. The quantitative estimate of drug-likeness (QED) is 0.685. The van der Waals surface area contributed by atoms with Crippen molar-refractivity contribution in [3.63, 3.8) is 0 Å². The fourth-order valence-corrected chi connectivity index (χ4v) is 3.88. The molecule has 134 valence electrons. The minimum Gasteiger partial charge on any atom is -0.340 e. The van der Waals surface area contributed by atoms with Crippen LogP contribution in [0, 0.1) is 11.8 Å². The number of likely N-dealkylation sites (N-methyl/N-ethyl adjacent to an activating group) is 2. The van der Waals surface area contributed by atoms with Crippen molar-refractivity contribution < 1.29 is 9.59 Å². The number of nitrogens with zero attached hydrogens (tertiary/aromatic N) is 4. The number of amides is 2. The average molecular weight is 334 g/mol. The van der Waals surface area contributed by atoms with Crippen LogP contribution in [0.4, 0.5) is 0 Å². The Balaban J connectivity index is 1.53. The molecule has 6 heteroatoms. The van der Waals surface area contributed by atoms with E-state index in [1.165, 1.54) is 0 Å². The maximum absolute atomic E-state index is 12.7. The van der Waals surface area contributed by atoms with Crippen molar-refractivity contribution in [2.24, 2.45) is 11.8 Å². The largest absolute Gasteiger partial charge is 0.340 e. The van der Waals surface area contributed by atoms with Gasteiger partial charge in [-0.15, -0.1) is 0 Å². The van der Waals surface area contributed by atoms with E-state index in [1.807, 2.05) is 9.80 Å². The fraction of sp³-hybridized carbons (Fsp3) is 0.778. The molecule has 0 aromatic carbocycles. The van der Waals surface area contributed by atoms with E-state index < -0.39 is 0 Å². The van der Waals surface area contributed by atoms with Crippen molar-refractivity contribution in [1.82, 2.24) is 19.6 Å². The second-order valence-electron chi connectivity index (χ2n) is 7.05. The molecule has 1 aliphatic carbocycles. The molecule has 0 spiro atoms. The summed E-state index contributed by atoms with van der Waals surface area (Å²) < 4.78 is 0. The number of carbonyl (C=O) groups is 2. The lowest BCUT2D eigenvalue weighted by Crippen LogP contribution is -2.50. The summed E-state index contributed by atoms with van der Waals surface area (Å²) >= 11 is 0. The molecule has 3 rings (SSSR count). The molecule has 2 atom stereocenters. The Kier molecular flexibility index (Phi) is 5.25. The first-order valence-electron chi connectivity index (χ1n) is 9.27. The number of piperazine rings is 2. The van der Waals surface area contributed by atoms with Crippen molar-refractivity contribution in [2.45, 2.75) is 13.8 Å². The second-order valence-corrected chi connectivity index (χ2v) is 7.05. The minimum absolute atomic E-state index is 0.112. The van der Waals surface area contributed by atoms with E-state index in [2.05, 4.69) is 30.2 Å². The van der Waals surface area contributed by atoms with Crippen LogP contribution in [0.15, 0.2) is 12.2 Å². The van der Waals surface area contributed by atoms with Gasteiger partial charge in [0, 0.05) is 52.4 Å². The predicted molar refractivity (Wildman–Crippen MR) is 93.5 cm³/mol. The molecule has 2 heterocycles. The van der Waals surface area contributed by atoms with Crippen LogP contribution in [0.1, 0.15) is 13.8 Å². The van der Waals surface area contributed by atoms with Crippen LogP contribution in [0.2, 0.25) is 0 Å². The van der Waals surface area contributed by atoms with E-state index in [1.54, 1.807) is 0 Å². The van der Waals surface area contributed by atoms with Gasteiger partial charge in [-0.25, -0.2) is 0 Å². The van der Waals surface area contributed by atoms with Crippen molar-refractivity contribution in [3.8, 4) is 0 Å². The van der Waals surface area contributed by atoms with Gasteiger partial charge in [-0.3, -0.25) is 9.59 Å². The Bertz CT molecular complexity index is 461. The summed E-state index contributed by atoms with van der Waals surface area (Å²) in [6, 6.07) is 0. The summed E-state index contributed by atoms with van der Waals surface area (Å²) in [5, 5.41) is 0. The number of rotatable bonds is 4. The Morgan fingerprint density at radius 2 is 1.12 bits per heavy atom. The molecular formula is C18H30N4O2. The molecule has 3 fully saturated rings. The first-order chi connectivity index (χ1) is 11.6. The molecule has 1 saturated carbocycles. The highest BCUT2D eigenvalue weighted by Crippen LogP contribution is 2.47. The molecule has 0 bridgehead atoms. The minimum atomic E-state index is -0.269. The van der Waals surface area contributed by atoms with Crippen LogP contribution in [0.25, 0.3) is 0 Å². The smallest absolute Gasteiger partial charge is 0.231 e. The van der Waals surface area contributed by atoms with Crippen LogP contribution in [0.5, 0.6) is 0 Å². The molecule has 0 radical (unpaired) electrons. The zero-order valence-corrected chi connectivity index (χ0v) is 15.0. The first kappa shape index (κ1) is 17.4. The molecule has 0 aromatic rings. The number of hydrogen-bond acceptors (Lipinski definition) is 4. The summed E-state index contributed by atoms with van der Waals surface area (Å²) in [7, 11) is 0. The molecular weight excluding hydrogens is 304 g/mol. The van der Waals surface area contributed by atoms with Crippen LogP contribution < -0.4 is 0 Å². The predicted octanol–water partition coefficient (Wildman–Crippen LogP) is 0.117. The Morgan fingerprint density at radius 1 is 0.792 bits per heavy atom. The zero-order chi connectivity index (χ0) is 17.3. The van der Waals surface area contributed by atoms with Crippen LogP contribution in [-0.2, 0) is 9.59 Å². The van der Waals surface area contributed by atoms with Gasteiger partial charge in [-0.2, -0.15) is 0 Å². The molecule has 0 aromatic heterocycles. The van der Waals surface area contributed by atoms with Crippen LogP contribution in [-0.4, -0.2) is 96.9 Å². The van der Waals surface area contributed by atoms with E-state index in [0.717, 1.165) is 71.0 Å². The van der Waals surface area contributed by atoms with Gasteiger partial charge in [0.2, 0.25) is 11.8 Å². The molecule has 2 aliphatic heterocycles. The lowest BCUT2D eigenvalue weighted by molar-refractivity contribution is -0.139. The standard InChI is InChI=1S/C18H30N4O2/c1-4-19-6-10-21(11-7-19)17(23)15-14(3)16(15)18(24)22-12-8-20(5-2)9-13-22/h15-16H,3-13H2,1-2H3/t15-,16?/m1/s1. The van der Waals surface area contributed by atoms with Crippen LogP contribution >= 0.6 is 0 Å². The first-order valence-corrected chi connectivity index (χ1v) is 9.27. The molecule has 24 heavy (non-hydrogen) atoms. The molecule has 2 saturated heterocycles. The molecule has 2 amide bonds. The van der Waals surface area contributed by atoms with Gasteiger partial charge in [0.25, 0.3) is 0 Å². The normalized spacial score (nSPS) is 29.0. The maximum atomic E-state index is 12.7. The SMILES string of the molecule is C=C1C(C(=O)N2CCN(CC)CC2)[C@@H]1C(=O)N1CCN(CC)CC1.